The first-order valence-electron chi connectivity index (χ1n) is 14.1. The van der Waals surface area contributed by atoms with Gasteiger partial charge in [0, 0.05) is 75.1 Å². The van der Waals surface area contributed by atoms with Crippen LogP contribution in [0.4, 0.5) is 24.7 Å². The fraction of sp³-hybridized carbons (Fsp3) is 0.536. The lowest BCUT2D eigenvalue weighted by Gasteiger charge is -2.38. The van der Waals surface area contributed by atoms with Gasteiger partial charge in [-0.3, -0.25) is 9.69 Å². The molecule has 0 radical (unpaired) electrons. The van der Waals surface area contributed by atoms with E-state index in [2.05, 4.69) is 14.7 Å². The van der Waals surface area contributed by atoms with Gasteiger partial charge in [-0.1, -0.05) is 0 Å². The van der Waals surface area contributed by atoms with Crippen LogP contribution in [0.2, 0.25) is 0 Å². The number of aromatic nitrogens is 2. The second-order valence-electron chi connectivity index (χ2n) is 10.3. The van der Waals surface area contributed by atoms with E-state index in [0.717, 1.165) is 56.9 Å². The summed E-state index contributed by atoms with van der Waals surface area (Å²) < 4.78 is 51.4. The van der Waals surface area contributed by atoms with Gasteiger partial charge in [-0.15, -0.1) is 0 Å². The zero-order chi connectivity index (χ0) is 29.5. The summed E-state index contributed by atoms with van der Waals surface area (Å²) in [6.45, 7) is 8.07. The molecule has 0 unspecified atom stereocenters. The Kier molecular flexibility index (Phi) is 9.95. The maximum absolute atomic E-state index is 13.3. The number of fused-ring (bicyclic) bond motifs is 1. The molecule has 0 aliphatic carbocycles. The number of ether oxygens (including phenoxy) is 2. The van der Waals surface area contributed by atoms with Crippen molar-refractivity contribution in [2.45, 2.75) is 29.8 Å². The molecule has 0 saturated carbocycles. The number of phenolic OH excluding ortho intramolecular Hbond substituents is 1. The Bertz CT molecular complexity index is 1250. The van der Waals surface area contributed by atoms with Gasteiger partial charge in [0.15, 0.2) is 0 Å². The summed E-state index contributed by atoms with van der Waals surface area (Å²) in [6.07, 6.45) is 5.34. The van der Waals surface area contributed by atoms with Crippen LogP contribution in [0.25, 0.3) is 0 Å². The van der Waals surface area contributed by atoms with Gasteiger partial charge in [-0.2, -0.15) is 23.1 Å². The first-order chi connectivity index (χ1) is 20.3. The molecule has 0 spiro atoms. The largest absolute Gasteiger partial charge is 0.508 e. The van der Waals surface area contributed by atoms with Crippen molar-refractivity contribution in [1.29, 1.82) is 0 Å². The number of nitrogens with zero attached hydrogens (tertiary/aromatic N) is 6. The van der Waals surface area contributed by atoms with Gasteiger partial charge in [-0.25, -0.2) is 0 Å². The molecule has 4 heterocycles. The normalized spacial score (nSPS) is 18.4. The van der Waals surface area contributed by atoms with Gasteiger partial charge >= 0.3 is 11.5 Å². The molecule has 2 fully saturated rings. The van der Waals surface area contributed by atoms with E-state index in [4.69, 9.17) is 19.4 Å². The first-order valence-corrected chi connectivity index (χ1v) is 14.9. The van der Waals surface area contributed by atoms with Crippen LogP contribution in [0.5, 0.6) is 11.8 Å². The predicted octanol–water partition coefficient (Wildman–Crippen LogP) is 3.29. The molecule has 5 rings (SSSR count). The molecule has 3 aliphatic heterocycles. The Labute approximate surface area is 247 Å². The highest BCUT2D eigenvalue weighted by atomic mass is 32.2. The maximum atomic E-state index is 13.3. The van der Waals surface area contributed by atoms with Crippen LogP contribution in [0, 0.1) is 0 Å². The molecule has 1 N–H and O–H groups in total. The van der Waals surface area contributed by atoms with Crippen molar-refractivity contribution in [2.24, 2.45) is 0 Å². The number of carbonyl (C=O) groups is 1. The number of benzene rings is 1. The molecule has 3 aliphatic rings. The molecule has 2 aromatic rings. The highest BCUT2D eigenvalue weighted by Gasteiger charge is 2.33. The second kappa shape index (κ2) is 13.8. The highest BCUT2D eigenvalue weighted by molar-refractivity contribution is 8.00. The number of hydrogen-bond acceptors (Lipinski definition) is 11. The SMILES string of the molecule is O=CC=CN1CCN(c2nc(OCCCN3CCOCC3)nc3c2CCN(c2cc(O)ccc2SC(F)(F)F)C3)CC1. The Morgan fingerprint density at radius 3 is 2.57 bits per heavy atom. The van der Waals surface area contributed by atoms with E-state index < -0.39 is 5.51 Å². The van der Waals surface area contributed by atoms with E-state index in [-0.39, 0.29) is 35.0 Å². The fourth-order valence-corrected chi connectivity index (χ4v) is 6.08. The summed E-state index contributed by atoms with van der Waals surface area (Å²) in [5.41, 5.74) is -2.50. The standard InChI is InChI=1S/C28H35F3N6O4S/c29-28(30,31)42-25-4-3-21(39)19-24(25)37-8-5-22-23(20-37)32-27(41-16-2-7-35-13-17-40-18-14-35)33-26(22)36-11-9-34(10-12-36)6-1-15-38/h1,3-4,6,15,19,39H,2,5,7-14,16-18,20H2. The van der Waals surface area contributed by atoms with Crippen molar-refractivity contribution in [1.82, 2.24) is 19.8 Å². The van der Waals surface area contributed by atoms with Gasteiger partial charge < -0.3 is 29.3 Å². The van der Waals surface area contributed by atoms with Crippen LogP contribution in [0.1, 0.15) is 17.7 Å². The van der Waals surface area contributed by atoms with Crippen molar-refractivity contribution in [3.63, 3.8) is 0 Å². The molecular weight excluding hydrogens is 573 g/mol. The second-order valence-corrected chi connectivity index (χ2v) is 11.4. The van der Waals surface area contributed by atoms with Gasteiger partial charge in [0.25, 0.3) is 0 Å². The van der Waals surface area contributed by atoms with Crippen molar-refractivity contribution in [2.75, 3.05) is 82.0 Å². The molecular formula is C28H35F3N6O4S. The van der Waals surface area contributed by atoms with Gasteiger partial charge in [0.2, 0.25) is 0 Å². The molecule has 1 aromatic carbocycles. The Hall–Kier alpha value is -3.23. The number of phenols is 1. The van der Waals surface area contributed by atoms with Crippen LogP contribution in [-0.2, 0) is 22.5 Å². The molecule has 0 bridgehead atoms. The Balaban J connectivity index is 1.36. The average Bonchev–Trinajstić information content (AvgIpc) is 2.98. The van der Waals surface area contributed by atoms with Crippen molar-refractivity contribution in [3.05, 3.63) is 41.7 Å². The number of alkyl halides is 3. The minimum absolute atomic E-state index is 0.0251. The lowest BCUT2D eigenvalue weighted by molar-refractivity contribution is -0.104. The summed E-state index contributed by atoms with van der Waals surface area (Å²) in [5.74, 6) is 0.680. The first kappa shape index (κ1) is 30.2. The third-order valence-electron chi connectivity index (χ3n) is 7.47. The number of morpholine rings is 1. The monoisotopic (exact) mass is 608 g/mol. The van der Waals surface area contributed by atoms with Crippen LogP contribution >= 0.6 is 11.8 Å². The van der Waals surface area contributed by atoms with E-state index in [1.54, 1.807) is 6.20 Å². The minimum Gasteiger partial charge on any atom is -0.508 e. The zero-order valence-corrected chi connectivity index (χ0v) is 24.1. The van der Waals surface area contributed by atoms with E-state index in [9.17, 15) is 23.1 Å². The number of piperazine rings is 1. The Morgan fingerprint density at radius 2 is 1.83 bits per heavy atom. The summed E-state index contributed by atoms with van der Waals surface area (Å²) in [5, 5.41) is 10.1. The van der Waals surface area contributed by atoms with E-state index in [1.165, 1.54) is 24.3 Å². The number of allylic oxidation sites excluding steroid dienone is 1. The number of aldehydes is 1. The smallest absolute Gasteiger partial charge is 0.446 e. The lowest BCUT2D eigenvalue weighted by Crippen LogP contribution is -2.45. The number of hydrogen-bond donors (Lipinski definition) is 1. The van der Waals surface area contributed by atoms with Gasteiger partial charge in [0.05, 0.1) is 37.7 Å². The number of anilines is 2. The average molecular weight is 609 g/mol. The zero-order valence-electron chi connectivity index (χ0n) is 23.3. The number of carbonyl (C=O) groups excluding carboxylic acids is 1. The van der Waals surface area contributed by atoms with E-state index in [0.29, 0.717) is 57.1 Å². The quantitative estimate of drug-likeness (QED) is 0.186. The van der Waals surface area contributed by atoms with Crippen molar-refractivity contribution in [3.8, 4) is 11.8 Å². The summed E-state index contributed by atoms with van der Waals surface area (Å²) in [6, 6.07) is 4.18. The van der Waals surface area contributed by atoms with Crippen molar-refractivity contribution < 1.29 is 32.5 Å². The Morgan fingerprint density at radius 1 is 1.05 bits per heavy atom. The summed E-state index contributed by atoms with van der Waals surface area (Å²) >= 11 is -0.191. The molecule has 228 valence electrons. The van der Waals surface area contributed by atoms with E-state index >= 15 is 0 Å². The minimum atomic E-state index is -4.46. The molecule has 42 heavy (non-hydrogen) atoms. The van der Waals surface area contributed by atoms with Crippen LogP contribution in [0.3, 0.4) is 0 Å². The summed E-state index contributed by atoms with van der Waals surface area (Å²) in [7, 11) is 0. The summed E-state index contributed by atoms with van der Waals surface area (Å²) in [4.78, 5) is 28.7. The molecule has 1 aromatic heterocycles. The number of rotatable bonds is 10. The predicted molar refractivity (Wildman–Crippen MR) is 153 cm³/mol. The van der Waals surface area contributed by atoms with Crippen molar-refractivity contribution >= 4 is 29.6 Å². The van der Waals surface area contributed by atoms with Crippen LogP contribution < -0.4 is 14.5 Å². The number of aromatic hydroxyl groups is 1. The number of thioether (sulfide) groups is 1. The van der Waals surface area contributed by atoms with Gasteiger partial charge in [-0.05, 0) is 42.8 Å². The van der Waals surface area contributed by atoms with E-state index in [1.807, 2.05) is 4.90 Å². The molecule has 14 heteroatoms. The fourth-order valence-electron chi connectivity index (χ4n) is 5.40. The third-order valence-corrected chi connectivity index (χ3v) is 8.27. The molecule has 2 saturated heterocycles. The topological polar surface area (TPSA) is 94.5 Å². The maximum Gasteiger partial charge on any atom is 0.446 e. The van der Waals surface area contributed by atoms with Crippen LogP contribution in [0.15, 0.2) is 35.4 Å². The molecule has 0 atom stereocenters. The third kappa shape index (κ3) is 7.98. The number of halogens is 3. The van der Waals surface area contributed by atoms with Crippen LogP contribution in [-0.4, -0.2) is 109 Å². The highest BCUT2D eigenvalue weighted by Crippen LogP contribution is 2.44. The molecule has 10 nitrogen and oxygen atoms in total. The molecule has 0 amide bonds. The lowest BCUT2D eigenvalue weighted by atomic mass is 10.0. The van der Waals surface area contributed by atoms with Gasteiger partial charge in [0.1, 0.15) is 17.9 Å².